The van der Waals surface area contributed by atoms with Crippen LogP contribution in [0.4, 0.5) is 10.1 Å². The second kappa shape index (κ2) is 7.90. The molecule has 1 saturated heterocycles. The Morgan fingerprint density at radius 2 is 1.84 bits per heavy atom. The highest BCUT2D eigenvalue weighted by atomic mass is 19.1. The SMILES string of the molecule is O=C(Nc1ccccc1C(=O)NC[C@@H]1CCCO1)c1ccc(F)cc1. The molecule has 25 heavy (non-hydrogen) atoms. The number of ether oxygens (including phenoxy) is 1. The van der Waals surface area contributed by atoms with E-state index in [1.54, 1.807) is 24.3 Å². The van der Waals surface area contributed by atoms with Crippen LogP contribution in [0.3, 0.4) is 0 Å². The fourth-order valence-corrected chi connectivity index (χ4v) is 2.69. The van der Waals surface area contributed by atoms with Crippen LogP contribution >= 0.6 is 0 Å². The van der Waals surface area contributed by atoms with Crippen molar-refractivity contribution in [2.45, 2.75) is 18.9 Å². The molecule has 1 fully saturated rings. The summed E-state index contributed by atoms with van der Waals surface area (Å²) < 4.78 is 18.5. The summed E-state index contributed by atoms with van der Waals surface area (Å²) in [7, 11) is 0. The molecule has 1 aliphatic heterocycles. The first-order valence-corrected chi connectivity index (χ1v) is 8.19. The average Bonchev–Trinajstić information content (AvgIpc) is 3.14. The monoisotopic (exact) mass is 342 g/mol. The molecular formula is C19H19FN2O3. The molecular weight excluding hydrogens is 323 g/mol. The van der Waals surface area contributed by atoms with Gasteiger partial charge in [-0.3, -0.25) is 9.59 Å². The Kier molecular flexibility index (Phi) is 5.40. The highest BCUT2D eigenvalue weighted by Crippen LogP contribution is 2.17. The summed E-state index contributed by atoms with van der Waals surface area (Å²) in [5.41, 5.74) is 1.09. The number of benzene rings is 2. The van der Waals surface area contributed by atoms with Gasteiger partial charge in [-0.05, 0) is 49.2 Å². The molecule has 2 N–H and O–H groups in total. The zero-order valence-corrected chi connectivity index (χ0v) is 13.6. The molecule has 2 aromatic rings. The summed E-state index contributed by atoms with van der Waals surface area (Å²) >= 11 is 0. The average molecular weight is 342 g/mol. The molecule has 0 bridgehead atoms. The summed E-state index contributed by atoms with van der Waals surface area (Å²) in [6.45, 7) is 1.17. The van der Waals surface area contributed by atoms with Crippen LogP contribution in [0.15, 0.2) is 48.5 Å². The van der Waals surface area contributed by atoms with Crippen LogP contribution in [0.5, 0.6) is 0 Å². The van der Waals surface area contributed by atoms with Gasteiger partial charge in [0, 0.05) is 18.7 Å². The van der Waals surface area contributed by atoms with Gasteiger partial charge in [-0.15, -0.1) is 0 Å². The van der Waals surface area contributed by atoms with E-state index in [0.29, 0.717) is 23.4 Å². The van der Waals surface area contributed by atoms with Gasteiger partial charge in [-0.1, -0.05) is 12.1 Å². The van der Waals surface area contributed by atoms with E-state index in [9.17, 15) is 14.0 Å². The molecule has 1 atom stereocenters. The second-order valence-electron chi connectivity index (χ2n) is 5.85. The summed E-state index contributed by atoms with van der Waals surface area (Å²) in [5.74, 6) is -1.09. The molecule has 0 unspecified atom stereocenters. The van der Waals surface area contributed by atoms with Crippen LogP contribution in [0.2, 0.25) is 0 Å². The Bertz CT molecular complexity index is 756. The fourth-order valence-electron chi connectivity index (χ4n) is 2.69. The van der Waals surface area contributed by atoms with Crippen molar-refractivity contribution >= 4 is 17.5 Å². The van der Waals surface area contributed by atoms with Gasteiger partial charge in [0.2, 0.25) is 0 Å². The van der Waals surface area contributed by atoms with Gasteiger partial charge in [-0.25, -0.2) is 4.39 Å². The van der Waals surface area contributed by atoms with Gasteiger partial charge in [0.25, 0.3) is 11.8 Å². The van der Waals surface area contributed by atoms with Crippen LogP contribution < -0.4 is 10.6 Å². The Morgan fingerprint density at radius 1 is 1.08 bits per heavy atom. The number of carbonyl (C=O) groups is 2. The third kappa shape index (κ3) is 4.42. The van der Waals surface area contributed by atoms with Crippen molar-refractivity contribution < 1.29 is 18.7 Å². The second-order valence-corrected chi connectivity index (χ2v) is 5.85. The number of hydrogen-bond acceptors (Lipinski definition) is 3. The molecule has 2 aromatic carbocycles. The molecule has 5 nitrogen and oxygen atoms in total. The van der Waals surface area contributed by atoms with Crippen molar-refractivity contribution in [3.63, 3.8) is 0 Å². The minimum absolute atomic E-state index is 0.0462. The minimum Gasteiger partial charge on any atom is -0.376 e. The largest absolute Gasteiger partial charge is 0.376 e. The fraction of sp³-hybridized carbons (Fsp3) is 0.263. The Morgan fingerprint density at radius 3 is 2.56 bits per heavy atom. The molecule has 1 heterocycles. The topological polar surface area (TPSA) is 67.4 Å². The number of rotatable bonds is 5. The van der Waals surface area contributed by atoms with E-state index in [0.717, 1.165) is 19.4 Å². The van der Waals surface area contributed by atoms with E-state index >= 15 is 0 Å². The first-order valence-electron chi connectivity index (χ1n) is 8.19. The Hall–Kier alpha value is -2.73. The highest BCUT2D eigenvalue weighted by molar-refractivity contribution is 6.08. The van der Waals surface area contributed by atoms with E-state index in [4.69, 9.17) is 4.74 Å². The summed E-state index contributed by atoms with van der Waals surface area (Å²) in [6.07, 6.45) is 1.98. The molecule has 1 aliphatic rings. The zero-order chi connectivity index (χ0) is 17.6. The molecule has 0 radical (unpaired) electrons. The van der Waals surface area contributed by atoms with E-state index in [1.807, 2.05) is 0 Å². The highest BCUT2D eigenvalue weighted by Gasteiger charge is 2.18. The van der Waals surface area contributed by atoms with Gasteiger partial charge in [0.1, 0.15) is 5.82 Å². The van der Waals surface area contributed by atoms with E-state index in [2.05, 4.69) is 10.6 Å². The molecule has 0 aliphatic carbocycles. The first-order chi connectivity index (χ1) is 12.1. The summed E-state index contributed by atoms with van der Waals surface area (Å²) in [6, 6.07) is 12.0. The normalized spacial score (nSPS) is 16.4. The van der Waals surface area contributed by atoms with Crippen molar-refractivity contribution in [1.29, 1.82) is 0 Å². The van der Waals surface area contributed by atoms with Crippen molar-refractivity contribution in [2.24, 2.45) is 0 Å². The van der Waals surface area contributed by atoms with Gasteiger partial charge >= 0.3 is 0 Å². The molecule has 6 heteroatoms. The van der Waals surface area contributed by atoms with Gasteiger partial charge in [0.15, 0.2) is 0 Å². The van der Waals surface area contributed by atoms with Crippen LogP contribution in [-0.4, -0.2) is 31.1 Å². The third-order valence-electron chi connectivity index (χ3n) is 4.04. The number of para-hydroxylation sites is 1. The lowest BCUT2D eigenvalue weighted by Gasteiger charge is -2.13. The van der Waals surface area contributed by atoms with Crippen LogP contribution in [0.25, 0.3) is 0 Å². The van der Waals surface area contributed by atoms with E-state index < -0.39 is 11.7 Å². The predicted molar refractivity (Wildman–Crippen MR) is 92.1 cm³/mol. The molecule has 0 aromatic heterocycles. The van der Waals surface area contributed by atoms with Crippen LogP contribution in [0, 0.1) is 5.82 Å². The molecule has 0 saturated carbocycles. The quantitative estimate of drug-likeness (QED) is 0.878. The van der Waals surface area contributed by atoms with Crippen molar-refractivity contribution in [3.05, 3.63) is 65.5 Å². The maximum absolute atomic E-state index is 13.0. The van der Waals surface area contributed by atoms with Gasteiger partial charge in [0.05, 0.1) is 17.4 Å². The Labute approximate surface area is 145 Å². The van der Waals surface area contributed by atoms with Crippen molar-refractivity contribution in [3.8, 4) is 0 Å². The summed E-state index contributed by atoms with van der Waals surface area (Å²) in [4.78, 5) is 24.7. The molecule has 0 spiro atoms. The lowest BCUT2D eigenvalue weighted by molar-refractivity contribution is 0.0858. The predicted octanol–water partition coefficient (Wildman–Crippen LogP) is 2.99. The first kappa shape index (κ1) is 17.1. The van der Waals surface area contributed by atoms with E-state index in [1.165, 1.54) is 24.3 Å². The maximum atomic E-state index is 13.0. The lowest BCUT2D eigenvalue weighted by atomic mass is 10.1. The summed E-state index contributed by atoms with van der Waals surface area (Å²) in [5, 5.41) is 5.54. The molecule has 2 amide bonds. The third-order valence-corrected chi connectivity index (χ3v) is 4.04. The number of amides is 2. The van der Waals surface area contributed by atoms with Crippen LogP contribution in [0.1, 0.15) is 33.6 Å². The minimum atomic E-state index is -0.412. The number of hydrogen-bond donors (Lipinski definition) is 2. The van der Waals surface area contributed by atoms with Crippen molar-refractivity contribution in [1.82, 2.24) is 5.32 Å². The Balaban J connectivity index is 1.68. The number of carbonyl (C=O) groups excluding carboxylic acids is 2. The van der Waals surface area contributed by atoms with Gasteiger partial charge < -0.3 is 15.4 Å². The van der Waals surface area contributed by atoms with Crippen LogP contribution in [-0.2, 0) is 4.74 Å². The number of halogens is 1. The van der Waals surface area contributed by atoms with Crippen molar-refractivity contribution in [2.75, 3.05) is 18.5 Å². The number of nitrogens with one attached hydrogen (secondary N) is 2. The lowest BCUT2D eigenvalue weighted by Crippen LogP contribution is -2.32. The molecule has 3 rings (SSSR count). The smallest absolute Gasteiger partial charge is 0.255 e. The molecule has 130 valence electrons. The zero-order valence-electron chi connectivity index (χ0n) is 13.6. The van der Waals surface area contributed by atoms with Gasteiger partial charge in [-0.2, -0.15) is 0 Å². The standard InChI is InChI=1S/C19H19FN2O3/c20-14-9-7-13(8-10-14)18(23)22-17-6-2-1-5-16(17)19(24)21-12-15-4-3-11-25-15/h1-2,5-10,15H,3-4,11-12H2,(H,21,24)(H,22,23)/t15-/m0/s1. The maximum Gasteiger partial charge on any atom is 0.255 e. The number of anilines is 1. The van der Waals surface area contributed by atoms with E-state index in [-0.39, 0.29) is 12.0 Å².